The number of rotatable bonds is 3. The quantitative estimate of drug-likeness (QED) is 0.750. The highest BCUT2D eigenvalue weighted by Gasteiger charge is 2.29. The van der Waals surface area contributed by atoms with Gasteiger partial charge in [-0.25, -0.2) is 13.4 Å². The molecule has 1 saturated heterocycles. The molecule has 3 rings (SSSR count). The predicted molar refractivity (Wildman–Crippen MR) is 104 cm³/mol. The van der Waals surface area contributed by atoms with E-state index in [2.05, 4.69) is 4.98 Å². The zero-order chi connectivity index (χ0) is 18.9. The summed E-state index contributed by atoms with van der Waals surface area (Å²) in [4.78, 5) is 18.1. The van der Waals surface area contributed by atoms with E-state index in [-0.39, 0.29) is 5.91 Å². The molecule has 0 saturated carbocycles. The number of benzene rings is 1. The Morgan fingerprint density at radius 3 is 2.65 bits per heavy atom. The van der Waals surface area contributed by atoms with Crippen LogP contribution in [0, 0.1) is 6.92 Å². The predicted octanol–water partition coefficient (Wildman–Crippen LogP) is 2.51. The molecule has 0 bridgehead atoms. The summed E-state index contributed by atoms with van der Waals surface area (Å²) >= 11 is 1.51. The van der Waals surface area contributed by atoms with Crippen LogP contribution in [0.1, 0.15) is 18.9 Å². The monoisotopic (exact) mass is 393 g/mol. The minimum Gasteiger partial charge on any atom is -0.342 e. The van der Waals surface area contributed by atoms with Gasteiger partial charge in [0, 0.05) is 50.1 Å². The molecule has 1 aliphatic rings. The smallest absolute Gasteiger partial charge is 0.243 e. The number of aromatic nitrogens is 1. The third-order valence-corrected chi connectivity index (χ3v) is 7.39. The lowest BCUT2D eigenvalue weighted by molar-refractivity contribution is -0.128. The molecule has 26 heavy (non-hydrogen) atoms. The molecule has 6 nitrogen and oxygen atoms in total. The SMILES string of the molecule is CSc1ncc(C)c2c(S(=O)(=O)N3CCCN(C(C)=O)CC3)cccc12. The molecule has 0 aliphatic carbocycles. The molecule has 1 aromatic heterocycles. The van der Waals surface area contributed by atoms with E-state index in [4.69, 9.17) is 0 Å². The molecular formula is C18H23N3O3S2. The van der Waals surface area contributed by atoms with Crippen LogP contribution in [0.15, 0.2) is 34.3 Å². The summed E-state index contributed by atoms with van der Waals surface area (Å²) in [5, 5.41) is 2.42. The van der Waals surface area contributed by atoms with Crippen LogP contribution in [0.5, 0.6) is 0 Å². The average molecular weight is 394 g/mol. The van der Waals surface area contributed by atoms with E-state index in [9.17, 15) is 13.2 Å². The van der Waals surface area contributed by atoms with Crippen molar-refractivity contribution >= 4 is 38.5 Å². The van der Waals surface area contributed by atoms with Crippen LogP contribution < -0.4 is 0 Å². The van der Waals surface area contributed by atoms with E-state index in [0.29, 0.717) is 37.5 Å². The second kappa shape index (κ2) is 7.54. The fraction of sp³-hybridized carbons (Fsp3) is 0.444. The highest BCUT2D eigenvalue weighted by molar-refractivity contribution is 7.98. The molecule has 140 valence electrons. The van der Waals surface area contributed by atoms with Crippen molar-refractivity contribution in [3.63, 3.8) is 0 Å². The molecule has 0 spiro atoms. The summed E-state index contributed by atoms with van der Waals surface area (Å²) in [6.07, 6.45) is 4.30. The number of carbonyl (C=O) groups is 1. The van der Waals surface area contributed by atoms with Gasteiger partial charge in [0.2, 0.25) is 15.9 Å². The average Bonchev–Trinajstić information content (AvgIpc) is 2.88. The first-order valence-electron chi connectivity index (χ1n) is 8.54. The van der Waals surface area contributed by atoms with Gasteiger partial charge in [-0.3, -0.25) is 4.79 Å². The van der Waals surface area contributed by atoms with Gasteiger partial charge >= 0.3 is 0 Å². The van der Waals surface area contributed by atoms with Crippen molar-refractivity contribution in [1.82, 2.24) is 14.2 Å². The normalized spacial score (nSPS) is 16.7. The van der Waals surface area contributed by atoms with Crippen LogP contribution >= 0.6 is 11.8 Å². The highest BCUT2D eigenvalue weighted by Crippen LogP contribution is 2.33. The van der Waals surface area contributed by atoms with Crippen LogP contribution in [-0.2, 0) is 14.8 Å². The van der Waals surface area contributed by atoms with E-state index in [0.717, 1.165) is 21.4 Å². The topological polar surface area (TPSA) is 70.6 Å². The fourth-order valence-electron chi connectivity index (χ4n) is 3.37. The Morgan fingerprint density at radius 1 is 1.19 bits per heavy atom. The van der Waals surface area contributed by atoms with Crippen LogP contribution in [0.4, 0.5) is 0 Å². The van der Waals surface area contributed by atoms with Crippen molar-refractivity contribution in [2.24, 2.45) is 0 Å². The van der Waals surface area contributed by atoms with Crippen LogP contribution in [0.25, 0.3) is 10.8 Å². The molecule has 0 unspecified atom stereocenters. The maximum absolute atomic E-state index is 13.4. The van der Waals surface area contributed by atoms with Crippen LogP contribution in [0.2, 0.25) is 0 Å². The Bertz CT molecular complexity index is 944. The zero-order valence-corrected chi connectivity index (χ0v) is 16.9. The molecule has 0 N–H and O–H groups in total. The number of aryl methyl sites for hydroxylation is 1. The number of nitrogens with zero attached hydrogens (tertiary/aromatic N) is 3. The largest absolute Gasteiger partial charge is 0.342 e. The van der Waals surface area contributed by atoms with Gasteiger partial charge in [0.1, 0.15) is 5.03 Å². The highest BCUT2D eigenvalue weighted by atomic mass is 32.2. The minimum absolute atomic E-state index is 0.0130. The molecule has 1 aromatic carbocycles. The minimum atomic E-state index is -3.65. The summed E-state index contributed by atoms with van der Waals surface area (Å²) in [6, 6.07) is 5.36. The first-order valence-corrected chi connectivity index (χ1v) is 11.2. The number of thioether (sulfide) groups is 1. The fourth-order valence-corrected chi connectivity index (χ4v) is 5.67. The Balaban J connectivity index is 2.06. The second-order valence-corrected chi connectivity index (χ2v) is 9.09. The van der Waals surface area contributed by atoms with Gasteiger partial charge in [-0.2, -0.15) is 4.31 Å². The Morgan fingerprint density at radius 2 is 1.96 bits per heavy atom. The number of amides is 1. The Hall–Kier alpha value is -1.64. The van der Waals surface area contributed by atoms with Crippen molar-refractivity contribution in [2.75, 3.05) is 32.4 Å². The third kappa shape index (κ3) is 3.45. The van der Waals surface area contributed by atoms with Crippen molar-refractivity contribution in [3.05, 3.63) is 30.0 Å². The van der Waals surface area contributed by atoms with E-state index in [1.54, 1.807) is 23.2 Å². The Kier molecular flexibility index (Phi) is 5.55. The van der Waals surface area contributed by atoms with Crippen molar-refractivity contribution in [2.45, 2.75) is 30.2 Å². The standard InChI is InChI=1S/C18H23N3O3S2/c1-13-12-19-18(25-3)15-6-4-7-16(17(13)15)26(23,24)21-9-5-8-20(10-11-21)14(2)22/h4,6-7,12H,5,8-11H2,1-3H3. The summed E-state index contributed by atoms with van der Waals surface area (Å²) < 4.78 is 28.3. The summed E-state index contributed by atoms with van der Waals surface area (Å²) in [7, 11) is -3.65. The number of fused-ring (bicyclic) bond motifs is 1. The first kappa shape index (κ1) is 19.1. The lowest BCUT2D eigenvalue weighted by Gasteiger charge is -2.22. The lowest BCUT2D eigenvalue weighted by atomic mass is 10.1. The van der Waals surface area contributed by atoms with E-state index < -0.39 is 10.0 Å². The zero-order valence-electron chi connectivity index (χ0n) is 15.2. The van der Waals surface area contributed by atoms with Gasteiger partial charge in [-0.15, -0.1) is 11.8 Å². The second-order valence-electron chi connectivity index (χ2n) is 6.39. The maximum Gasteiger partial charge on any atom is 0.243 e. The number of pyridine rings is 1. The van der Waals surface area contributed by atoms with Gasteiger partial charge in [-0.05, 0) is 31.2 Å². The van der Waals surface area contributed by atoms with Gasteiger partial charge in [0.15, 0.2) is 0 Å². The number of sulfonamides is 1. The molecule has 1 fully saturated rings. The molecule has 2 heterocycles. The van der Waals surface area contributed by atoms with E-state index in [1.807, 2.05) is 19.2 Å². The lowest BCUT2D eigenvalue weighted by Crippen LogP contribution is -2.36. The van der Waals surface area contributed by atoms with Gasteiger partial charge in [0.25, 0.3) is 0 Å². The maximum atomic E-state index is 13.4. The molecule has 0 radical (unpaired) electrons. The number of hydrogen-bond acceptors (Lipinski definition) is 5. The molecular weight excluding hydrogens is 370 g/mol. The van der Waals surface area contributed by atoms with Gasteiger partial charge in [0.05, 0.1) is 4.90 Å². The molecule has 8 heteroatoms. The molecule has 0 atom stereocenters. The van der Waals surface area contributed by atoms with E-state index >= 15 is 0 Å². The summed E-state index contributed by atoms with van der Waals surface area (Å²) in [6.45, 7) is 5.17. The number of hydrogen-bond donors (Lipinski definition) is 0. The molecule has 1 aliphatic heterocycles. The van der Waals surface area contributed by atoms with Gasteiger partial charge < -0.3 is 4.90 Å². The van der Waals surface area contributed by atoms with Gasteiger partial charge in [-0.1, -0.05) is 12.1 Å². The van der Waals surface area contributed by atoms with Crippen molar-refractivity contribution in [1.29, 1.82) is 0 Å². The van der Waals surface area contributed by atoms with Crippen molar-refractivity contribution in [3.8, 4) is 0 Å². The summed E-state index contributed by atoms with van der Waals surface area (Å²) in [5.41, 5.74) is 0.845. The van der Waals surface area contributed by atoms with Crippen LogP contribution in [-0.4, -0.2) is 60.9 Å². The van der Waals surface area contributed by atoms with E-state index in [1.165, 1.54) is 23.0 Å². The molecule has 1 amide bonds. The van der Waals surface area contributed by atoms with Crippen LogP contribution in [0.3, 0.4) is 0 Å². The Labute approximate surface area is 158 Å². The molecule has 2 aromatic rings. The third-order valence-electron chi connectivity index (χ3n) is 4.74. The number of carbonyl (C=O) groups excluding carboxylic acids is 1. The first-order chi connectivity index (χ1) is 12.4. The van der Waals surface area contributed by atoms with Crippen molar-refractivity contribution < 1.29 is 13.2 Å². The summed E-state index contributed by atoms with van der Waals surface area (Å²) in [5.74, 6) is -0.0130.